The van der Waals surface area contributed by atoms with Crippen LogP contribution in [0.5, 0.6) is 0 Å². The van der Waals surface area contributed by atoms with Gasteiger partial charge in [-0.25, -0.2) is 4.79 Å². The monoisotopic (exact) mass is 332 g/mol. The van der Waals surface area contributed by atoms with Crippen LogP contribution in [0.25, 0.3) is 0 Å². The number of carbonyl (C=O) groups is 2. The molecule has 0 bridgehead atoms. The highest BCUT2D eigenvalue weighted by atomic mass is 35.5. The van der Waals surface area contributed by atoms with Crippen LogP contribution < -0.4 is 5.32 Å². The fourth-order valence-electron chi connectivity index (χ4n) is 2.35. The molecule has 7 heteroatoms. The molecule has 0 aliphatic carbocycles. The molecular weight excluding hydrogens is 312 g/mol. The molecule has 1 aromatic heterocycles. The summed E-state index contributed by atoms with van der Waals surface area (Å²) in [6.07, 6.45) is 1.22. The molecule has 0 saturated carbocycles. The van der Waals surface area contributed by atoms with Crippen LogP contribution in [-0.2, 0) is 22.5 Å². The minimum Gasteiger partial charge on any atom is -0.465 e. The first-order valence-electron chi connectivity index (χ1n) is 6.85. The number of anilines is 1. The fourth-order valence-corrected chi connectivity index (χ4v) is 3.64. The Labute approximate surface area is 135 Å². The van der Waals surface area contributed by atoms with Crippen molar-refractivity contribution < 1.29 is 14.3 Å². The zero-order valence-corrected chi connectivity index (χ0v) is 14.2. The van der Waals surface area contributed by atoms with Crippen molar-refractivity contribution in [3.05, 3.63) is 16.0 Å². The van der Waals surface area contributed by atoms with Gasteiger partial charge in [0.25, 0.3) is 0 Å². The topological polar surface area (TPSA) is 58.6 Å². The summed E-state index contributed by atoms with van der Waals surface area (Å²) in [5.74, 6) is -0.444. The van der Waals surface area contributed by atoms with E-state index < -0.39 is 0 Å². The molecule has 1 amide bonds. The lowest BCUT2D eigenvalue weighted by molar-refractivity contribution is -0.115. The van der Waals surface area contributed by atoms with Gasteiger partial charge in [0.15, 0.2) is 0 Å². The van der Waals surface area contributed by atoms with E-state index in [1.54, 1.807) is 6.92 Å². The van der Waals surface area contributed by atoms with Gasteiger partial charge in [0, 0.05) is 24.4 Å². The van der Waals surface area contributed by atoms with Gasteiger partial charge in [-0.2, -0.15) is 0 Å². The molecule has 5 nitrogen and oxygen atoms in total. The number of nitrogens with one attached hydrogen (secondary N) is 1. The van der Waals surface area contributed by atoms with Crippen LogP contribution in [0.2, 0.25) is 0 Å². The molecular formula is C14H21ClN2O3S. The first-order chi connectivity index (χ1) is 9.60. The number of amides is 1. The number of nitrogens with zero attached hydrogens (tertiary/aromatic N) is 1. The van der Waals surface area contributed by atoms with E-state index in [1.165, 1.54) is 18.4 Å². The number of likely N-dealkylation sites (N-methyl/N-ethyl adjacent to an activating group) is 1. The van der Waals surface area contributed by atoms with E-state index in [0.29, 0.717) is 17.0 Å². The molecule has 21 heavy (non-hydrogen) atoms. The molecule has 0 atom stereocenters. The quantitative estimate of drug-likeness (QED) is 0.861. The summed E-state index contributed by atoms with van der Waals surface area (Å²) in [4.78, 5) is 27.1. The lowest BCUT2D eigenvalue weighted by Crippen LogP contribution is -2.29. The van der Waals surface area contributed by atoms with Gasteiger partial charge >= 0.3 is 5.97 Å². The number of hydrogen-bond donors (Lipinski definition) is 1. The lowest BCUT2D eigenvalue weighted by Gasteiger charge is -2.25. The predicted molar refractivity (Wildman–Crippen MR) is 86.5 cm³/mol. The van der Waals surface area contributed by atoms with Gasteiger partial charge in [-0.3, -0.25) is 9.69 Å². The first-order valence-corrected chi connectivity index (χ1v) is 7.67. The summed E-state index contributed by atoms with van der Waals surface area (Å²) >= 11 is 1.49. The van der Waals surface area contributed by atoms with Crippen molar-refractivity contribution in [1.29, 1.82) is 0 Å². The molecule has 2 heterocycles. The normalized spacial score (nSPS) is 14.0. The van der Waals surface area contributed by atoms with Gasteiger partial charge in [-0.05, 0) is 18.5 Å². The number of fused-ring (bicyclic) bond motifs is 1. The number of thiophene rings is 1. The van der Waals surface area contributed by atoms with E-state index in [0.717, 1.165) is 36.5 Å². The predicted octanol–water partition coefficient (Wildman–Crippen LogP) is 2.68. The third kappa shape index (κ3) is 3.75. The van der Waals surface area contributed by atoms with E-state index in [-0.39, 0.29) is 24.3 Å². The zero-order valence-electron chi connectivity index (χ0n) is 12.5. The largest absolute Gasteiger partial charge is 0.465 e. The number of hydrogen-bond acceptors (Lipinski definition) is 5. The molecule has 118 valence electrons. The average molecular weight is 333 g/mol. The van der Waals surface area contributed by atoms with Crippen molar-refractivity contribution in [2.45, 2.75) is 33.2 Å². The Morgan fingerprint density at radius 2 is 2.10 bits per heavy atom. The number of halogens is 1. The molecule has 0 saturated heterocycles. The molecule has 2 rings (SSSR count). The molecule has 0 fully saturated rings. The van der Waals surface area contributed by atoms with Crippen LogP contribution in [0.3, 0.4) is 0 Å². The van der Waals surface area contributed by atoms with Crippen LogP contribution in [0.1, 0.15) is 41.1 Å². The third-order valence-electron chi connectivity index (χ3n) is 3.55. The molecule has 1 aromatic rings. The van der Waals surface area contributed by atoms with Gasteiger partial charge in [0.1, 0.15) is 5.00 Å². The number of ether oxygens (including phenoxy) is 1. The Balaban J connectivity index is 0.00000220. The van der Waals surface area contributed by atoms with Crippen LogP contribution in [0.15, 0.2) is 0 Å². The fraction of sp³-hybridized carbons (Fsp3) is 0.571. The molecule has 0 unspecified atom stereocenters. The van der Waals surface area contributed by atoms with E-state index in [9.17, 15) is 9.59 Å². The third-order valence-corrected chi connectivity index (χ3v) is 4.68. The number of methoxy groups -OCH3 is 1. The first kappa shape index (κ1) is 17.9. The number of carbonyl (C=O) groups excluding carboxylic acids is 2. The van der Waals surface area contributed by atoms with Crippen molar-refractivity contribution in [1.82, 2.24) is 4.90 Å². The van der Waals surface area contributed by atoms with Gasteiger partial charge in [0.2, 0.25) is 5.91 Å². The second-order valence-electron chi connectivity index (χ2n) is 4.72. The van der Waals surface area contributed by atoms with Crippen LogP contribution in [-0.4, -0.2) is 37.0 Å². The van der Waals surface area contributed by atoms with E-state index >= 15 is 0 Å². The van der Waals surface area contributed by atoms with E-state index in [1.807, 2.05) is 0 Å². The highest BCUT2D eigenvalue weighted by Crippen LogP contribution is 2.37. The minimum absolute atomic E-state index is 0. The van der Waals surface area contributed by atoms with Gasteiger partial charge in [-0.1, -0.05) is 13.8 Å². The maximum Gasteiger partial charge on any atom is 0.341 e. The molecule has 1 N–H and O–H groups in total. The minimum atomic E-state index is -0.362. The smallest absolute Gasteiger partial charge is 0.341 e. The second kappa shape index (κ2) is 7.77. The molecule has 1 aliphatic heterocycles. The van der Waals surface area contributed by atoms with Crippen molar-refractivity contribution in [3.8, 4) is 0 Å². The summed E-state index contributed by atoms with van der Waals surface area (Å²) in [6.45, 7) is 6.68. The highest BCUT2D eigenvalue weighted by Gasteiger charge is 2.28. The Kier molecular flexibility index (Phi) is 6.64. The number of rotatable bonds is 4. The molecule has 0 radical (unpaired) electrons. The van der Waals surface area contributed by atoms with Crippen LogP contribution in [0, 0.1) is 0 Å². The van der Waals surface area contributed by atoms with Crippen molar-refractivity contribution in [3.63, 3.8) is 0 Å². The SMILES string of the molecule is CCC(=O)Nc1sc2c(c1C(=O)OC)CCN(CC)C2.Cl. The lowest BCUT2D eigenvalue weighted by atomic mass is 10.0. The zero-order chi connectivity index (χ0) is 14.7. The number of esters is 1. The van der Waals surface area contributed by atoms with Crippen LogP contribution in [0.4, 0.5) is 5.00 Å². The maximum atomic E-state index is 12.0. The summed E-state index contributed by atoms with van der Waals surface area (Å²) in [5.41, 5.74) is 1.59. The summed E-state index contributed by atoms with van der Waals surface area (Å²) in [5, 5.41) is 3.46. The Hall–Kier alpha value is -1.11. The molecule has 0 aromatic carbocycles. The second-order valence-corrected chi connectivity index (χ2v) is 5.83. The highest BCUT2D eigenvalue weighted by molar-refractivity contribution is 7.17. The summed E-state index contributed by atoms with van der Waals surface area (Å²) in [6, 6.07) is 0. The Bertz CT molecular complexity index is 531. The van der Waals surface area contributed by atoms with E-state index in [2.05, 4.69) is 17.1 Å². The molecule has 0 spiro atoms. The molecule has 1 aliphatic rings. The van der Waals surface area contributed by atoms with Gasteiger partial charge in [0.05, 0.1) is 12.7 Å². The Morgan fingerprint density at radius 3 is 2.67 bits per heavy atom. The Morgan fingerprint density at radius 1 is 1.38 bits per heavy atom. The summed E-state index contributed by atoms with van der Waals surface area (Å²) < 4.78 is 4.87. The van der Waals surface area contributed by atoms with E-state index in [4.69, 9.17) is 4.74 Å². The van der Waals surface area contributed by atoms with Crippen molar-refractivity contribution in [2.75, 3.05) is 25.5 Å². The standard InChI is InChI=1S/C14H20N2O3S.ClH/c1-4-11(17)15-13-12(14(18)19-3)9-6-7-16(5-2)8-10(9)20-13;/h4-8H2,1-3H3,(H,15,17);1H. The summed E-state index contributed by atoms with van der Waals surface area (Å²) in [7, 11) is 1.37. The average Bonchev–Trinajstić information content (AvgIpc) is 2.82. The van der Waals surface area contributed by atoms with Gasteiger partial charge < -0.3 is 10.1 Å². The van der Waals surface area contributed by atoms with Crippen molar-refractivity contribution in [2.24, 2.45) is 0 Å². The maximum absolute atomic E-state index is 12.0. The van der Waals surface area contributed by atoms with Gasteiger partial charge in [-0.15, -0.1) is 23.7 Å². The van der Waals surface area contributed by atoms with Crippen LogP contribution >= 0.6 is 23.7 Å². The van der Waals surface area contributed by atoms with Crippen molar-refractivity contribution >= 4 is 40.6 Å².